The molecule has 0 saturated carbocycles. The Hall–Kier alpha value is -2.39. The summed E-state index contributed by atoms with van der Waals surface area (Å²) in [5, 5.41) is 0. The Morgan fingerprint density at radius 2 is 1.88 bits per heavy atom. The molecule has 4 heterocycles. The Morgan fingerprint density at radius 3 is 2.56 bits per heavy atom. The number of hydrogen-bond donors (Lipinski definition) is 0. The fraction of sp³-hybridized carbons (Fsp3) is 0.680. The van der Waals surface area contributed by atoms with Gasteiger partial charge in [-0.15, -0.1) is 0 Å². The molecular formula is C25H34FN3O5. The zero-order chi connectivity index (χ0) is 23.7. The Kier molecular flexibility index (Phi) is 6.66. The lowest BCUT2D eigenvalue weighted by atomic mass is 9.74. The third-order valence-corrected chi connectivity index (χ3v) is 7.92. The molecule has 0 aliphatic carbocycles. The maximum Gasteiger partial charge on any atom is 0.414 e. The fourth-order valence-corrected chi connectivity index (χ4v) is 5.99. The topological polar surface area (TPSA) is 71.6 Å². The molecule has 4 aliphatic heterocycles. The van der Waals surface area contributed by atoms with Crippen LogP contribution in [0, 0.1) is 5.82 Å². The lowest BCUT2D eigenvalue weighted by molar-refractivity contribution is 0.0571. The van der Waals surface area contributed by atoms with Gasteiger partial charge in [-0.1, -0.05) is 0 Å². The van der Waals surface area contributed by atoms with Gasteiger partial charge in [0.1, 0.15) is 11.9 Å². The first-order valence-electron chi connectivity index (χ1n) is 12.5. The zero-order valence-corrected chi connectivity index (χ0v) is 19.8. The molecule has 1 aromatic rings. The molecular weight excluding hydrogens is 441 g/mol. The molecule has 1 spiro atoms. The number of halogens is 1. The van der Waals surface area contributed by atoms with Gasteiger partial charge in [-0.3, -0.25) is 4.90 Å². The number of piperidine rings is 2. The highest BCUT2D eigenvalue weighted by Crippen LogP contribution is 2.48. The number of hydrogen-bond acceptors (Lipinski definition) is 6. The number of anilines is 1. The van der Waals surface area contributed by atoms with E-state index in [4.69, 9.17) is 14.2 Å². The van der Waals surface area contributed by atoms with Gasteiger partial charge < -0.3 is 24.0 Å². The van der Waals surface area contributed by atoms with Gasteiger partial charge >= 0.3 is 12.2 Å². The van der Waals surface area contributed by atoms with Crippen molar-refractivity contribution < 1.29 is 28.2 Å². The van der Waals surface area contributed by atoms with E-state index in [0.717, 1.165) is 50.0 Å². The first-order chi connectivity index (χ1) is 16.5. The van der Waals surface area contributed by atoms with Crippen molar-refractivity contribution in [3.05, 3.63) is 29.6 Å². The lowest BCUT2D eigenvalue weighted by Gasteiger charge is -2.45. The van der Waals surface area contributed by atoms with E-state index in [1.54, 1.807) is 21.9 Å². The largest absolute Gasteiger partial charge is 0.450 e. The van der Waals surface area contributed by atoms with E-state index in [9.17, 15) is 14.0 Å². The van der Waals surface area contributed by atoms with Crippen molar-refractivity contribution >= 4 is 17.9 Å². The molecule has 8 nitrogen and oxygen atoms in total. The number of amides is 2. The predicted molar refractivity (Wildman–Crippen MR) is 124 cm³/mol. The molecule has 0 aromatic heterocycles. The molecule has 0 N–H and O–H groups in total. The van der Waals surface area contributed by atoms with Crippen molar-refractivity contribution in [3.8, 4) is 0 Å². The van der Waals surface area contributed by atoms with Crippen LogP contribution in [0.15, 0.2) is 18.2 Å². The number of benzene rings is 1. The first kappa shape index (κ1) is 23.4. The van der Waals surface area contributed by atoms with E-state index >= 15 is 0 Å². The SMILES string of the molecule is CCOC(=O)N1CCC(N2CCC3(CC2)CN(C(=O)OC2CCOC2)c2ccc(F)cc23)CC1. The van der Waals surface area contributed by atoms with Crippen LogP contribution in [0.1, 0.15) is 44.6 Å². The van der Waals surface area contributed by atoms with Crippen molar-refractivity contribution in [1.82, 2.24) is 9.80 Å². The highest BCUT2D eigenvalue weighted by molar-refractivity contribution is 5.91. The Labute approximate surface area is 199 Å². The second kappa shape index (κ2) is 9.70. The number of rotatable bonds is 3. The first-order valence-corrected chi connectivity index (χ1v) is 12.5. The number of fused-ring (bicyclic) bond motifs is 2. The Balaban J connectivity index is 1.24. The van der Waals surface area contributed by atoms with Crippen molar-refractivity contribution in [1.29, 1.82) is 0 Å². The summed E-state index contributed by atoms with van der Waals surface area (Å²) in [4.78, 5) is 31.0. The summed E-state index contributed by atoms with van der Waals surface area (Å²) < 4.78 is 30.4. The van der Waals surface area contributed by atoms with Crippen LogP contribution >= 0.6 is 0 Å². The number of carbonyl (C=O) groups is 2. The molecule has 0 bridgehead atoms. The monoisotopic (exact) mass is 475 g/mol. The van der Waals surface area contributed by atoms with Crippen LogP contribution in [-0.4, -0.2) is 86.7 Å². The second-order valence-corrected chi connectivity index (χ2v) is 9.85. The van der Waals surface area contributed by atoms with Gasteiger partial charge in [0, 0.05) is 37.5 Å². The minimum Gasteiger partial charge on any atom is -0.450 e. The number of ether oxygens (including phenoxy) is 3. The van der Waals surface area contributed by atoms with Crippen molar-refractivity contribution in [2.75, 3.05) is 57.4 Å². The van der Waals surface area contributed by atoms with E-state index in [1.165, 1.54) is 6.07 Å². The quantitative estimate of drug-likeness (QED) is 0.666. The number of likely N-dealkylation sites (tertiary alicyclic amines) is 2. The Morgan fingerprint density at radius 1 is 1.12 bits per heavy atom. The third kappa shape index (κ3) is 4.47. The Bertz CT molecular complexity index is 906. The van der Waals surface area contributed by atoms with Gasteiger partial charge in [-0.25, -0.2) is 14.0 Å². The highest BCUT2D eigenvalue weighted by Gasteiger charge is 2.48. The minimum atomic E-state index is -0.367. The summed E-state index contributed by atoms with van der Waals surface area (Å²) >= 11 is 0. The molecule has 3 fully saturated rings. The second-order valence-electron chi connectivity index (χ2n) is 9.85. The van der Waals surface area contributed by atoms with Crippen molar-refractivity contribution in [2.45, 2.75) is 56.6 Å². The van der Waals surface area contributed by atoms with Crippen LogP contribution in [0.3, 0.4) is 0 Å². The molecule has 1 unspecified atom stereocenters. The van der Waals surface area contributed by atoms with Crippen molar-refractivity contribution in [3.63, 3.8) is 0 Å². The van der Waals surface area contributed by atoms with Gasteiger partial charge in [0.25, 0.3) is 0 Å². The van der Waals surface area contributed by atoms with Crippen LogP contribution in [0.25, 0.3) is 0 Å². The van der Waals surface area contributed by atoms with E-state index in [1.807, 2.05) is 6.92 Å². The molecule has 3 saturated heterocycles. The van der Waals surface area contributed by atoms with E-state index < -0.39 is 0 Å². The maximum absolute atomic E-state index is 14.3. The molecule has 186 valence electrons. The summed E-state index contributed by atoms with van der Waals surface area (Å²) in [6.45, 7) is 6.99. The van der Waals surface area contributed by atoms with Crippen molar-refractivity contribution in [2.24, 2.45) is 0 Å². The minimum absolute atomic E-state index is 0.213. The summed E-state index contributed by atoms with van der Waals surface area (Å²) in [6.07, 6.45) is 3.49. The normalized spacial score (nSPS) is 24.9. The average Bonchev–Trinajstić information content (AvgIpc) is 3.46. The molecule has 0 radical (unpaired) electrons. The highest BCUT2D eigenvalue weighted by atomic mass is 19.1. The number of nitrogens with zero attached hydrogens (tertiary/aromatic N) is 3. The third-order valence-electron chi connectivity index (χ3n) is 7.92. The van der Waals surface area contributed by atoms with Crippen LogP contribution in [0.5, 0.6) is 0 Å². The summed E-state index contributed by atoms with van der Waals surface area (Å²) in [5.74, 6) is -0.272. The van der Waals surface area contributed by atoms with Crippen LogP contribution in [-0.2, 0) is 19.6 Å². The van der Waals surface area contributed by atoms with Crippen LogP contribution in [0.2, 0.25) is 0 Å². The fourth-order valence-electron chi connectivity index (χ4n) is 5.99. The van der Waals surface area contributed by atoms with Gasteiger partial charge in [-0.05, 0) is 69.5 Å². The number of carbonyl (C=O) groups excluding carboxylic acids is 2. The predicted octanol–water partition coefficient (Wildman–Crippen LogP) is 3.53. The van der Waals surface area contributed by atoms with Gasteiger partial charge in [0.15, 0.2) is 0 Å². The molecule has 1 atom stereocenters. The summed E-state index contributed by atoms with van der Waals surface area (Å²) in [5.41, 5.74) is 1.43. The van der Waals surface area contributed by atoms with Crippen LogP contribution in [0.4, 0.5) is 19.7 Å². The molecule has 9 heteroatoms. The lowest BCUT2D eigenvalue weighted by Crippen LogP contribution is -2.52. The average molecular weight is 476 g/mol. The van der Waals surface area contributed by atoms with E-state index in [0.29, 0.717) is 51.9 Å². The van der Waals surface area contributed by atoms with Crippen LogP contribution < -0.4 is 4.90 Å². The molecule has 2 amide bonds. The van der Waals surface area contributed by atoms with Gasteiger partial charge in [0.2, 0.25) is 0 Å². The molecule has 4 aliphatic rings. The molecule has 34 heavy (non-hydrogen) atoms. The van der Waals surface area contributed by atoms with E-state index in [2.05, 4.69) is 4.90 Å². The maximum atomic E-state index is 14.3. The summed E-state index contributed by atoms with van der Waals surface area (Å²) in [7, 11) is 0. The van der Waals surface area contributed by atoms with E-state index in [-0.39, 0.29) is 29.5 Å². The van der Waals surface area contributed by atoms with Gasteiger partial charge in [-0.2, -0.15) is 0 Å². The zero-order valence-electron chi connectivity index (χ0n) is 19.8. The molecule has 1 aromatic carbocycles. The summed E-state index contributed by atoms with van der Waals surface area (Å²) in [6, 6.07) is 5.17. The molecule has 5 rings (SSSR count). The van der Waals surface area contributed by atoms with Gasteiger partial charge in [0.05, 0.1) is 25.5 Å². The standard InChI is InChI=1S/C25H34FN3O5/c1-2-33-23(30)28-10-5-19(6-11-28)27-12-8-25(9-13-27)17-29(22-4-3-18(26)15-21(22)25)24(31)34-20-7-14-32-16-20/h3-4,15,19-20H,2,5-14,16-17H2,1H3. The smallest absolute Gasteiger partial charge is 0.414 e.